The molecule has 0 amide bonds. The fourth-order valence-electron chi connectivity index (χ4n) is 1.93. The van der Waals surface area contributed by atoms with E-state index in [2.05, 4.69) is 20.8 Å². The number of benzene rings is 1. The lowest BCUT2D eigenvalue weighted by atomic mass is 9.83. The second kappa shape index (κ2) is 5.05. The number of hydrogen-bond acceptors (Lipinski definition) is 2. The molecular formula is C14H21FO2. The average molecular weight is 240 g/mol. The van der Waals surface area contributed by atoms with E-state index in [1.165, 1.54) is 7.11 Å². The SMILES string of the molecule is COCOc1c(C)cc(C(C)(C)C)c(C)c1F. The minimum absolute atomic E-state index is 0.0616. The Kier molecular flexibility index (Phi) is 4.15. The van der Waals surface area contributed by atoms with Crippen LogP contribution in [0.3, 0.4) is 0 Å². The molecule has 0 fully saturated rings. The Balaban J connectivity index is 3.27. The summed E-state index contributed by atoms with van der Waals surface area (Å²) in [6.07, 6.45) is 0. The van der Waals surface area contributed by atoms with Crippen LogP contribution in [0.5, 0.6) is 5.75 Å². The summed E-state index contributed by atoms with van der Waals surface area (Å²) >= 11 is 0. The molecule has 0 aromatic heterocycles. The average Bonchev–Trinajstić information content (AvgIpc) is 2.22. The van der Waals surface area contributed by atoms with Gasteiger partial charge in [0.2, 0.25) is 0 Å². The molecule has 0 saturated heterocycles. The molecule has 0 aliphatic carbocycles. The molecule has 0 radical (unpaired) electrons. The van der Waals surface area contributed by atoms with Crippen molar-refractivity contribution in [1.29, 1.82) is 0 Å². The van der Waals surface area contributed by atoms with Crippen LogP contribution in [0, 0.1) is 19.7 Å². The first-order chi connectivity index (χ1) is 7.79. The normalized spacial score (nSPS) is 11.7. The van der Waals surface area contributed by atoms with Gasteiger partial charge in [0.1, 0.15) is 0 Å². The molecule has 1 aromatic carbocycles. The molecule has 2 nitrogen and oxygen atoms in total. The summed E-state index contributed by atoms with van der Waals surface area (Å²) in [7, 11) is 1.52. The van der Waals surface area contributed by atoms with Crippen LogP contribution in [-0.2, 0) is 10.2 Å². The first-order valence-corrected chi connectivity index (χ1v) is 5.71. The van der Waals surface area contributed by atoms with E-state index >= 15 is 0 Å². The van der Waals surface area contributed by atoms with Gasteiger partial charge in [0.05, 0.1) is 0 Å². The summed E-state index contributed by atoms with van der Waals surface area (Å²) in [5, 5.41) is 0. The van der Waals surface area contributed by atoms with E-state index in [4.69, 9.17) is 9.47 Å². The lowest BCUT2D eigenvalue weighted by Crippen LogP contribution is -2.15. The van der Waals surface area contributed by atoms with Gasteiger partial charge in [-0.1, -0.05) is 26.8 Å². The van der Waals surface area contributed by atoms with Crippen LogP contribution in [0.4, 0.5) is 4.39 Å². The topological polar surface area (TPSA) is 18.5 Å². The highest BCUT2D eigenvalue weighted by molar-refractivity contribution is 5.45. The third kappa shape index (κ3) is 2.97. The fraction of sp³-hybridized carbons (Fsp3) is 0.571. The van der Waals surface area contributed by atoms with Gasteiger partial charge >= 0.3 is 0 Å². The van der Waals surface area contributed by atoms with E-state index in [1.807, 2.05) is 13.0 Å². The van der Waals surface area contributed by atoms with E-state index in [1.54, 1.807) is 6.92 Å². The van der Waals surface area contributed by atoms with E-state index in [0.29, 0.717) is 5.56 Å². The van der Waals surface area contributed by atoms with Crippen LogP contribution >= 0.6 is 0 Å². The van der Waals surface area contributed by atoms with Crippen LogP contribution in [0.15, 0.2) is 6.07 Å². The maximum absolute atomic E-state index is 14.2. The van der Waals surface area contributed by atoms with Gasteiger partial charge in [-0.2, -0.15) is 0 Å². The third-order valence-electron chi connectivity index (χ3n) is 2.78. The molecule has 0 spiro atoms. The first kappa shape index (κ1) is 14.0. The number of rotatable bonds is 3. The van der Waals surface area contributed by atoms with E-state index in [0.717, 1.165) is 11.1 Å². The van der Waals surface area contributed by atoms with Crippen molar-refractivity contribution in [2.75, 3.05) is 13.9 Å². The molecule has 0 saturated carbocycles. The highest BCUT2D eigenvalue weighted by atomic mass is 19.1. The molecule has 3 heteroatoms. The monoisotopic (exact) mass is 240 g/mol. The zero-order valence-electron chi connectivity index (χ0n) is 11.5. The Morgan fingerprint density at radius 1 is 1.24 bits per heavy atom. The second-order valence-corrected chi connectivity index (χ2v) is 5.31. The second-order valence-electron chi connectivity index (χ2n) is 5.31. The van der Waals surface area contributed by atoms with Gasteiger partial charge in [0.15, 0.2) is 18.4 Å². The van der Waals surface area contributed by atoms with Crippen molar-refractivity contribution in [2.24, 2.45) is 0 Å². The molecule has 0 aliphatic rings. The smallest absolute Gasteiger partial charge is 0.188 e. The summed E-state index contributed by atoms with van der Waals surface area (Å²) < 4.78 is 24.3. The molecular weight excluding hydrogens is 219 g/mol. The summed E-state index contributed by atoms with van der Waals surface area (Å²) in [5.74, 6) is 0.00400. The zero-order valence-corrected chi connectivity index (χ0v) is 11.5. The molecule has 0 atom stereocenters. The van der Waals surface area contributed by atoms with Crippen LogP contribution in [0.25, 0.3) is 0 Å². The maximum Gasteiger partial charge on any atom is 0.188 e. The Labute approximate surface area is 103 Å². The zero-order chi connectivity index (χ0) is 13.2. The quantitative estimate of drug-likeness (QED) is 0.750. The van der Waals surface area contributed by atoms with Gasteiger partial charge in [-0.15, -0.1) is 0 Å². The Morgan fingerprint density at radius 3 is 2.29 bits per heavy atom. The van der Waals surface area contributed by atoms with Gasteiger partial charge in [0, 0.05) is 7.11 Å². The molecule has 0 heterocycles. The first-order valence-electron chi connectivity index (χ1n) is 5.71. The third-order valence-corrected chi connectivity index (χ3v) is 2.78. The van der Waals surface area contributed by atoms with Crippen LogP contribution in [0.1, 0.15) is 37.5 Å². The van der Waals surface area contributed by atoms with Gasteiger partial charge in [-0.25, -0.2) is 4.39 Å². The summed E-state index contributed by atoms with van der Waals surface area (Å²) in [4.78, 5) is 0. The highest BCUT2D eigenvalue weighted by Crippen LogP contribution is 2.34. The number of halogens is 1. The molecule has 1 aromatic rings. The number of aryl methyl sites for hydroxylation is 1. The van der Waals surface area contributed by atoms with E-state index in [9.17, 15) is 4.39 Å². The minimum Gasteiger partial charge on any atom is -0.464 e. The van der Waals surface area contributed by atoms with Crippen LogP contribution < -0.4 is 4.74 Å². The van der Waals surface area contributed by atoms with Gasteiger partial charge in [-0.3, -0.25) is 0 Å². The van der Waals surface area contributed by atoms with Gasteiger partial charge < -0.3 is 9.47 Å². The molecule has 0 N–H and O–H groups in total. The fourth-order valence-corrected chi connectivity index (χ4v) is 1.93. The van der Waals surface area contributed by atoms with Crippen LogP contribution in [0.2, 0.25) is 0 Å². The van der Waals surface area contributed by atoms with Crippen molar-refractivity contribution in [3.63, 3.8) is 0 Å². The molecule has 0 bridgehead atoms. The van der Waals surface area contributed by atoms with Crippen molar-refractivity contribution < 1.29 is 13.9 Å². The molecule has 96 valence electrons. The minimum atomic E-state index is -0.285. The largest absolute Gasteiger partial charge is 0.464 e. The summed E-state index contributed by atoms with van der Waals surface area (Å²) in [5.41, 5.74) is 2.39. The standard InChI is InChI=1S/C14H21FO2/c1-9-7-11(14(3,4)5)10(2)12(15)13(9)17-8-16-6/h7H,8H2,1-6H3. The van der Waals surface area contributed by atoms with Crippen molar-refractivity contribution in [3.05, 3.63) is 28.6 Å². The Hall–Kier alpha value is -1.09. The van der Waals surface area contributed by atoms with Crippen molar-refractivity contribution in [3.8, 4) is 5.75 Å². The predicted octanol–water partition coefficient (Wildman–Crippen LogP) is 3.72. The lowest BCUT2D eigenvalue weighted by molar-refractivity contribution is 0.0476. The van der Waals surface area contributed by atoms with Crippen molar-refractivity contribution in [2.45, 2.75) is 40.0 Å². The molecule has 0 unspecified atom stereocenters. The summed E-state index contributed by atoms with van der Waals surface area (Å²) in [6, 6.07) is 1.99. The van der Waals surface area contributed by atoms with Crippen LogP contribution in [-0.4, -0.2) is 13.9 Å². The van der Waals surface area contributed by atoms with E-state index < -0.39 is 0 Å². The Bertz CT molecular complexity index is 406. The Morgan fingerprint density at radius 2 is 1.82 bits per heavy atom. The highest BCUT2D eigenvalue weighted by Gasteiger charge is 2.22. The number of hydrogen-bond donors (Lipinski definition) is 0. The predicted molar refractivity (Wildman–Crippen MR) is 67.1 cm³/mol. The van der Waals surface area contributed by atoms with E-state index in [-0.39, 0.29) is 23.8 Å². The lowest BCUT2D eigenvalue weighted by Gasteiger charge is -2.24. The van der Waals surface area contributed by atoms with Gasteiger partial charge in [-0.05, 0) is 36.0 Å². The number of ether oxygens (including phenoxy) is 2. The van der Waals surface area contributed by atoms with Crippen molar-refractivity contribution in [1.82, 2.24) is 0 Å². The van der Waals surface area contributed by atoms with Crippen molar-refractivity contribution >= 4 is 0 Å². The molecule has 0 aliphatic heterocycles. The maximum atomic E-state index is 14.2. The number of methoxy groups -OCH3 is 1. The summed E-state index contributed by atoms with van der Waals surface area (Å²) in [6.45, 7) is 9.92. The molecule has 1 rings (SSSR count). The molecule has 17 heavy (non-hydrogen) atoms. The van der Waals surface area contributed by atoms with Gasteiger partial charge in [0.25, 0.3) is 0 Å².